The van der Waals surface area contributed by atoms with E-state index in [1.54, 1.807) is 11.3 Å². The van der Waals surface area contributed by atoms with E-state index < -0.39 is 0 Å². The molecule has 144 valence electrons. The summed E-state index contributed by atoms with van der Waals surface area (Å²) in [6, 6.07) is 14.4. The summed E-state index contributed by atoms with van der Waals surface area (Å²) in [6.07, 6.45) is 1.74. The Kier molecular flexibility index (Phi) is 5.54. The minimum atomic E-state index is -0.135. The van der Waals surface area contributed by atoms with Crippen LogP contribution in [0.2, 0.25) is 0 Å². The number of rotatable bonds is 7. The molecule has 0 unspecified atom stereocenters. The van der Waals surface area contributed by atoms with Gasteiger partial charge in [-0.1, -0.05) is 55.5 Å². The predicted molar refractivity (Wildman–Crippen MR) is 116 cm³/mol. The summed E-state index contributed by atoms with van der Waals surface area (Å²) in [5, 5.41) is 14.8. The van der Waals surface area contributed by atoms with Gasteiger partial charge in [0, 0.05) is 13.0 Å². The highest BCUT2D eigenvalue weighted by Crippen LogP contribution is 2.27. The van der Waals surface area contributed by atoms with Crippen LogP contribution in [-0.4, -0.2) is 20.7 Å². The highest BCUT2D eigenvalue weighted by atomic mass is 32.1. The van der Waals surface area contributed by atoms with E-state index in [1.807, 2.05) is 24.3 Å². The van der Waals surface area contributed by atoms with Crippen molar-refractivity contribution in [3.8, 4) is 0 Å². The smallest absolute Gasteiger partial charge is 0.274 e. The van der Waals surface area contributed by atoms with Crippen LogP contribution >= 0.6 is 22.7 Å². The Balaban J connectivity index is 1.54. The number of aryl methyl sites for hydroxylation is 2. The average Bonchev–Trinajstić information content (AvgIpc) is 3.37. The van der Waals surface area contributed by atoms with Crippen molar-refractivity contribution in [3.05, 3.63) is 64.1 Å². The maximum atomic E-state index is 13.0. The van der Waals surface area contributed by atoms with E-state index in [1.165, 1.54) is 16.9 Å². The zero-order chi connectivity index (χ0) is 19.5. The Hall–Kier alpha value is -2.51. The molecule has 1 amide bonds. The van der Waals surface area contributed by atoms with Gasteiger partial charge in [0.25, 0.3) is 5.91 Å². The number of anilines is 1. The highest BCUT2D eigenvalue weighted by Gasteiger charge is 2.18. The molecule has 0 aliphatic heterocycles. The summed E-state index contributed by atoms with van der Waals surface area (Å²) >= 11 is 3.10. The van der Waals surface area contributed by atoms with Gasteiger partial charge in [0.05, 0.1) is 10.2 Å². The summed E-state index contributed by atoms with van der Waals surface area (Å²) in [7, 11) is 0. The van der Waals surface area contributed by atoms with Gasteiger partial charge in [-0.3, -0.25) is 10.1 Å². The molecule has 1 N–H and O–H groups in total. The van der Waals surface area contributed by atoms with Crippen molar-refractivity contribution in [1.29, 1.82) is 0 Å². The molecule has 0 aliphatic carbocycles. The fraction of sp³-hybridized carbons (Fsp3) is 0.286. The number of benzene rings is 1. The lowest BCUT2D eigenvalue weighted by Gasteiger charge is -2.10. The zero-order valence-electron chi connectivity index (χ0n) is 15.9. The number of fused-ring (bicyclic) bond motifs is 1. The van der Waals surface area contributed by atoms with E-state index in [0.717, 1.165) is 34.6 Å². The van der Waals surface area contributed by atoms with Crippen LogP contribution < -0.4 is 5.32 Å². The summed E-state index contributed by atoms with van der Waals surface area (Å²) in [5.74, 6) is 0.377. The third-order valence-electron chi connectivity index (χ3n) is 4.49. The van der Waals surface area contributed by atoms with E-state index in [2.05, 4.69) is 57.5 Å². The van der Waals surface area contributed by atoms with Crippen molar-refractivity contribution >= 4 is 43.9 Å². The van der Waals surface area contributed by atoms with Gasteiger partial charge in [-0.25, -0.2) is 0 Å². The number of carbonyl (C=O) groups excluding carboxylic acids is 1. The average molecular weight is 411 g/mol. The molecule has 0 fully saturated rings. The second-order valence-corrected chi connectivity index (χ2v) is 9.15. The summed E-state index contributed by atoms with van der Waals surface area (Å²) in [4.78, 5) is 13.0. The number of aromatic nitrogens is 3. The predicted octanol–water partition coefficient (Wildman–Crippen LogP) is 5.25. The fourth-order valence-corrected chi connectivity index (χ4v) is 4.96. The molecule has 0 atom stereocenters. The van der Waals surface area contributed by atoms with Crippen molar-refractivity contribution in [2.24, 2.45) is 5.92 Å². The first-order chi connectivity index (χ1) is 13.6. The van der Waals surface area contributed by atoms with Crippen molar-refractivity contribution in [1.82, 2.24) is 14.8 Å². The molecular formula is C21H22N4OS2. The van der Waals surface area contributed by atoms with Crippen molar-refractivity contribution < 1.29 is 4.79 Å². The minimum Gasteiger partial charge on any atom is -0.335 e. The molecule has 1 aromatic carbocycles. The molecule has 0 bridgehead atoms. The number of nitrogens with one attached hydrogen (secondary N) is 1. The Morgan fingerprint density at radius 2 is 2.00 bits per heavy atom. The number of amides is 1. The highest BCUT2D eigenvalue weighted by molar-refractivity contribution is 7.17. The minimum absolute atomic E-state index is 0.135. The van der Waals surface area contributed by atoms with Crippen LogP contribution in [0.4, 0.5) is 5.13 Å². The quantitative estimate of drug-likeness (QED) is 0.453. The maximum absolute atomic E-state index is 13.0. The van der Waals surface area contributed by atoms with Gasteiger partial charge in [0.15, 0.2) is 0 Å². The molecule has 0 spiro atoms. The van der Waals surface area contributed by atoms with E-state index in [9.17, 15) is 4.79 Å². The molecule has 4 rings (SSSR count). The van der Waals surface area contributed by atoms with Gasteiger partial charge in [-0.05, 0) is 35.4 Å². The van der Waals surface area contributed by atoms with Crippen LogP contribution in [0.3, 0.4) is 0 Å². The Bertz CT molecular complexity index is 1080. The monoisotopic (exact) mass is 410 g/mol. The molecule has 0 aliphatic rings. The third kappa shape index (κ3) is 4.15. The summed E-state index contributed by atoms with van der Waals surface area (Å²) in [6.45, 7) is 5.04. The number of thiophene rings is 1. The lowest BCUT2D eigenvalue weighted by Crippen LogP contribution is -2.17. The number of hydrogen-bond donors (Lipinski definition) is 1. The molecule has 5 nitrogen and oxygen atoms in total. The summed E-state index contributed by atoms with van der Waals surface area (Å²) in [5.41, 5.74) is 3.02. The molecule has 0 radical (unpaired) electrons. The lowest BCUT2D eigenvalue weighted by atomic mass is 10.1. The Morgan fingerprint density at radius 3 is 2.79 bits per heavy atom. The maximum Gasteiger partial charge on any atom is 0.274 e. The Morgan fingerprint density at radius 1 is 1.18 bits per heavy atom. The van der Waals surface area contributed by atoms with Gasteiger partial charge < -0.3 is 4.57 Å². The molecule has 3 heterocycles. The van der Waals surface area contributed by atoms with E-state index in [4.69, 9.17) is 0 Å². The molecule has 0 saturated carbocycles. The number of nitrogens with zero attached hydrogens (tertiary/aromatic N) is 3. The second kappa shape index (κ2) is 8.24. The fourth-order valence-electron chi connectivity index (χ4n) is 3.19. The van der Waals surface area contributed by atoms with Gasteiger partial charge in [-0.2, -0.15) is 0 Å². The first-order valence-electron chi connectivity index (χ1n) is 9.34. The lowest BCUT2D eigenvalue weighted by molar-refractivity contribution is 0.101. The van der Waals surface area contributed by atoms with E-state index in [0.29, 0.717) is 16.7 Å². The topological polar surface area (TPSA) is 59.8 Å². The Labute approximate surface area is 172 Å². The van der Waals surface area contributed by atoms with E-state index >= 15 is 0 Å². The number of hydrogen-bond acceptors (Lipinski definition) is 5. The van der Waals surface area contributed by atoms with Crippen molar-refractivity contribution in [2.45, 2.75) is 33.2 Å². The molecule has 0 saturated heterocycles. The van der Waals surface area contributed by atoms with Crippen LogP contribution in [0.5, 0.6) is 0 Å². The standard InChI is InChI=1S/C21H22N4OS2/c1-14(2)12-19-23-24-21(28-19)22-20(26)17-13-18-16(9-11-27-18)25(17)10-8-15-6-4-3-5-7-15/h3-7,9,11,13-14H,8,10,12H2,1-2H3,(H,22,24,26). The van der Waals surface area contributed by atoms with Crippen molar-refractivity contribution in [3.63, 3.8) is 0 Å². The van der Waals surface area contributed by atoms with Gasteiger partial charge in [-0.15, -0.1) is 21.5 Å². The molecule has 4 aromatic rings. The van der Waals surface area contributed by atoms with Crippen LogP contribution in [0, 0.1) is 5.92 Å². The number of carbonyl (C=O) groups is 1. The van der Waals surface area contributed by atoms with Crippen LogP contribution in [0.1, 0.15) is 34.9 Å². The second-order valence-electron chi connectivity index (χ2n) is 7.14. The van der Waals surface area contributed by atoms with Crippen LogP contribution in [-0.2, 0) is 19.4 Å². The van der Waals surface area contributed by atoms with Gasteiger partial charge in [0.2, 0.25) is 5.13 Å². The van der Waals surface area contributed by atoms with Crippen LogP contribution in [0.25, 0.3) is 10.2 Å². The SMILES string of the molecule is CC(C)Cc1nnc(NC(=O)c2cc3sccc3n2CCc2ccccc2)s1. The molecule has 3 aromatic heterocycles. The molecule has 7 heteroatoms. The van der Waals surface area contributed by atoms with Crippen molar-refractivity contribution in [2.75, 3.05) is 5.32 Å². The molecule has 28 heavy (non-hydrogen) atoms. The van der Waals surface area contributed by atoms with E-state index in [-0.39, 0.29) is 5.91 Å². The first-order valence-corrected chi connectivity index (χ1v) is 11.0. The van der Waals surface area contributed by atoms with Crippen LogP contribution in [0.15, 0.2) is 47.8 Å². The third-order valence-corrected chi connectivity index (χ3v) is 6.21. The van der Waals surface area contributed by atoms with Gasteiger partial charge >= 0.3 is 0 Å². The first kappa shape index (κ1) is 18.8. The summed E-state index contributed by atoms with van der Waals surface area (Å²) < 4.78 is 3.22. The molecular weight excluding hydrogens is 388 g/mol. The zero-order valence-corrected chi connectivity index (χ0v) is 17.5. The normalized spacial score (nSPS) is 11.4. The van der Waals surface area contributed by atoms with Gasteiger partial charge in [0.1, 0.15) is 10.7 Å². The largest absolute Gasteiger partial charge is 0.335 e.